The van der Waals surface area contributed by atoms with Crippen molar-refractivity contribution in [2.24, 2.45) is 0 Å². The van der Waals surface area contributed by atoms with Gasteiger partial charge in [0.2, 0.25) is 0 Å². The first-order chi connectivity index (χ1) is 8.32. The number of amides is 2. The predicted molar refractivity (Wildman–Crippen MR) is 63.4 cm³/mol. The number of carbonyl (C=O) groups excluding carboxylic acids is 1. The zero-order valence-corrected chi connectivity index (χ0v) is 10.1. The molecule has 2 N–H and O–H groups in total. The van der Waals surface area contributed by atoms with Crippen molar-refractivity contribution in [1.82, 2.24) is 5.32 Å². The molecule has 0 unspecified atom stereocenters. The molecule has 0 aliphatic rings. The maximum absolute atomic E-state index is 12.4. The SMILES string of the molecule is CC[C@H](C)NC(=O)Nc1cccc(C(F)(F)F)c1. The van der Waals surface area contributed by atoms with Crippen LogP contribution in [0.4, 0.5) is 23.7 Å². The van der Waals surface area contributed by atoms with Gasteiger partial charge in [0.15, 0.2) is 0 Å². The van der Waals surface area contributed by atoms with Crippen molar-refractivity contribution in [3.63, 3.8) is 0 Å². The van der Waals surface area contributed by atoms with Crippen molar-refractivity contribution >= 4 is 11.7 Å². The van der Waals surface area contributed by atoms with Crippen molar-refractivity contribution in [3.8, 4) is 0 Å². The Labute approximate surface area is 103 Å². The fourth-order valence-electron chi connectivity index (χ4n) is 1.27. The molecule has 1 aromatic carbocycles. The molecule has 0 spiro atoms. The molecule has 1 aromatic rings. The lowest BCUT2D eigenvalue weighted by atomic mass is 10.2. The summed E-state index contributed by atoms with van der Waals surface area (Å²) in [5.74, 6) is 0. The molecule has 0 saturated carbocycles. The van der Waals surface area contributed by atoms with Crippen molar-refractivity contribution < 1.29 is 18.0 Å². The summed E-state index contributed by atoms with van der Waals surface area (Å²) in [5, 5.41) is 4.97. The maximum atomic E-state index is 12.4. The Morgan fingerprint density at radius 1 is 1.39 bits per heavy atom. The van der Waals surface area contributed by atoms with Gasteiger partial charge < -0.3 is 10.6 Å². The minimum Gasteiger partial charge on any atom is -0.335 e. The van der Waals surface area contributed by atoms with Gasteiger partial charge in [0, 0.05) is 11.7 Å². The van der Waals surface area contributed by atoms with Crippen molar-refractivity contribution in [1.29, 1.82) is 0 Å². The molecule has 100 valence electrons. The Morgan fingerprint density at radius 3 is 2.61 bits per heavy atom. The number of hydrogen-bond acceptors (Lipinski definition) is 1. The first kappa shape index (κ1) is 14.3. The smallest absolute Gasteiger partial charge is 0.335 e. The molecule has 0 aliphatic carbocycles. The van der Waals surface area contributed by atoms with Crippen LogP contribution in [0.2, 0.25) is 0 Å². The summed E-state index contributed by atoms with van der Waals surface area (Å²) in [5.41, 5.74) is -0.672. The van der Waals surface area contributed by atoms with E-state index < -0.39 is 17.8 Å². The first-order valence-electron chi connectivity index (χ1n) is 5.57. The Morgan fingerprint density at radius 2 is 2.06 bits per heavy atom. The fourth-order valence-corrected chi connectivity index (χ4v) is 1.27. The van der Waals surface area contributed by atoms with Gasteiger partial charge in [-0.25, -0.2) is 4.79 Å². The van der Waals surface area contributed by atoms with Gasteiger partial charge in [-0.05, 0) is 31.5 Å². The highest BCUT2D eigenvalue weighted by Crippen LogP contribution is 2.30. The molecule has 18 heavy (non-hydrogen) atoms. The van der Waals surface area contributed by atoms with Gasteiger partial charge in [0.1, 0.15) is 0 Å². The second-order valence-electron chi connectivity index (χ2n) is 3.99. The molecule has 1 rings (SSSR count). The third-order valence-corrected chi connectivity index (χ3v) is 2.44. The number of alkyl halides is 3. The predicted octanol–water partition coefficient (Wildman–Crippen LogP) is 3.63. The van der Waals surface area contributed by atoms with Crippen LogP contribution in [0.5, 0.6) is 0 Å². The molecule has 0 saturated heterocycles. The second kappa shape index (κ2) is 5.75. The Kier molecular flexibility index (Phi) is 4.58. The van der Waals surface area contributed by atoms with Crippen molar-refractivity contribution in [2.45, 2.75) is 32.5 Å². The number of halogens is 3. The van der Waals surface area contributed by atoms with E-state index in [0.717, 1.165) is 18.6 Å². The second-order valence-corrected chi connectivity index (χ2v) is 3.99. The van der Waals surface area contributed by atoms with Crippen LogP contribution in [-0.4, -0.2) is 12.1 Å². The Bertz CT molecular complexity index is 418. The third kappa shape index (κ3) is 4.27. The third-order valence-electron chi connectivity index (χ3n) is 2.44. The van der Waals surface area contributed by atoms with Gasteiger partial charge in [-0.1, -0.05) is 13.0 Å². The summed E-state index contributed by atoms with van der Waals surface area (Å²) in [7, 11) is 0. The van der Waals surface area contributed by atoms with E-state index >= 15 is 0 Å². The number of urea groups is 1. The van der Waals surface area contributed by atoms with E-state index in [1.54, 1.807) is 0 Å². The van der Waals surface area contributed by atoms with E-state index in [1.807, 2.05) is 13.8 Å². The topological polar surface area (TPSA) is 41.1 Å². The van der Waals surface area contributed by atoms with Crippen LogP contribution in [0.25, 0.3) is 0 Å². The molecule has 0 aromatic heterocycles. The number of hydrogen-bond donors (Lipinski definition) is 2. The minimum atomic E-state index is -4.41. The quantitative estimate of drug-likeness (QED) is 0.856. The largest absolute Gasteiger partial charge is 0.416 e. The van der Waals surface area contributed by atoms with Crippen LogP contribution in [0.1, 0.15) is 25.8 Å². The lowest BCUT2D eigenvalue weighted by molar-refractivity contribution is -0.137. The van der Waals surface area contributed by atoms with Crippen LogP contribution in [0, 0.1) is 0 Å². The summed E-state index contributed by atoms with van der Waals surface area (Å²) in [4.78, 5) is 11.4. The Hall–Kier alpha value is -1.72. The molecular formula is C12H15F3N2O. The van der Waals surface area contributed by atoms with Crippen LogP contribution in [0.3, 0.4) is 0 Å². The van der Waals surface area contributed by atoms with Gasteiger partial charge in [-0.15, -0.1) is 0 Å². The number of benzene rings is 1. The molecule has 0 radical (unpaired) electrons. The molecule has 1 atom stereocenters. The molecule has 0 fully saturated rings. The van der Waals surface area contributed by atoms with Crippen LogP contribution in [-0.2, 0) is 6.18 Å². The number of carbonyl (C=O) groups is 1. The molecule has 6 heteroatoms. The molecule has 3 nitrogen and oxygen atoms in total. The molecule has 0 heterocycles. The van der Waals surface area contributed by atoms with E-state index in [9.17, 15) is 18.0 Å². The zero-order chi connectivity index (χ0) is 13.8. The highest BCUT2D eigenvalue weighted by atomic mass is 19.4. The van der Waals surface area contributed by atoms with E-state index in [0.29, 0.717) is 0 Å². The number of rotatable bonds is 3. The van der Waals surface area contributed by atoms with Gasteiger partial charge in [0.25, 0.3) is 0 Å². The van der Waals surface area contributed by atoms with Gasteiger partial charge in [-0.3, -0.25) is 0 Å². The minimum absolute atomic E-state index is 0.0317. The highest BCUT2D eigenvalue weighted by Gasteiger charge is 2.30. The molecule has 0 bridgehead atoms. The number of anilines is 1. The summed E-state index contributed by atoms with van der Waals surface area (Å²) in [6, 6.07) is 3.97. The maximum Gasteiger partial charge on any atom is 0.416 e. The zero-order valence-electron chi connectivity index (χ0n) is 10.1. The van der Waals surface area contributed by atoms with E-state index in [2.05, 4.69) is 10.6 Å². The van der Waals surface area contributed by atoms with Crippen LogP contribution in [0.15, 0.2) is 24.3 Å². The fraction of sp³-hybridized carbons (Fsp3) is 0.417. The monoisotopic (exact) mass is 260 g/mol. The highest BCUT2D eigenvalue weighted by molar-refractivity contribution is 5.89. The molecule has 2 amide bonds. The van der Waals surface area contributed by atoms with Gasteiger partial charge in [-0.2, -0.15) is 13.2 Å². The lowest BCUT2D eigenvalue weighted by Gasteiger charge is -2.13. The van der Waals surface area contributed by atoms with Crippen LogP contribution < -0.4 is 10.6 Å². The standard InChI is InChI=1S/C12H15F3N2O/c1-3-8(2)16-11(18)17-10-6-4-5-9(7-10)12(13,14)15/h4-8H,3H2,1-2H3,(H2,16,17,18)/t8-/m0/s1. The summed E-state index contributed by atoms with van der Waals surface area (Å²) < 4.78 is 37.3. The van der Waals surface area contributed by atoms with E-state index in [4.69, 9.17) is 0 Å². The van der Waals surface area contributed by atoms with Crippen LogP contribution >= 0.6 is 0 Å². The average Bonchev–Trinajstić information content (AvgIpc) is 2.27. The number of nitrogens with one attached hydrogen (secondary N) is 2. The normalized spacial score (nSPS) is 12.9. The first-order valence-corrected chi connectivity index (χ1v) is 5.57. The van der Waals surface area contributed by atoms with E-state index in [1.165, 1.54) is 12.1 Å². The van der Waals surface area contributed by atoms with Crippen molar-refractivity contribution in [2.75, 3.05) is 5.32 Å². The van der Waals surface area contributed by atoms with E-state index in [-0.39, 0.29) is 11.7 Å². The molecular weight excluding hydrogens is 245 g/mol. The van der Waals surface area contributed by atoms with Gasteiger partial charge in [0.05, 0.1) is 5.56 Å². The Balaban J connectivity index is 2.71. The summed E-state index contributed by atoms with van der Waals surface area (Å²) >= 11 is 0. The van der Waals surface area contributed by atoms with Gasteiger partial charge >= 0.3 is 12.2 Å². The lowest BCUT2D eigenvalue weighted by Crippen LogP contribution is -2.35. The summed E-state index contributed by atoms with van der Waals surface area (Å²) in [6.07, 6.45) is -3.67. The summed E-state index contributed by atoms with van der Waals surface area (Å²) in [6.45, 7) is 3.71. The molecule has 0 aliphatic heterocycles. The van der Waals surface area contributed by atoms with Crippen molar-refractivity contribution in [3.05, 3.63) is 29.8 Å². The average molecular weight is 260 g/mol.